The fraction of sp³-hybridized carbons (Fsp3) is 0.515. The Labute approximate surface area is 269 Å². The summed E-state index contributed by atoms with van der Waals surface area (Å²) < 4.78 is 25.8. The molecule has 1 aromatic carbocycles. The Morgan fingerprint density at radius 3 is 1.98 bits per heavy atom. The molecule has 1 aromatic rings. The van der Waals surface area contributed by atoms with E-state index in [1.54, 1.807) is 71.9 Å². The molecule has 1 saturated heterocycles. The van der Waals surface area contributed by atoms with Gasteiger partial charge in [0, 0.05) is 18.1 Å². The van der Waals surface area contributed by atoms with E-state index in [9.17, 15) is 28.8 Å². The molecular formula is C33H44N2O11. The summed E-state index contributed by atoms with van der Waals surface area (Å²) in [4.78, 5) is 79.0. The summed E-state index contributed by atoms with van der Waals surface area (Å²) in [6.45, 7) is 9.77. The lowest BCUT2D eigenvalue weighted by atomic mass is 9.97. The molecule has 46 heavy (non-hydrogen) atoms. The molecule has 13 nitrogen and oxygen atoms in total. The van der Waals surface area contributed by atoms with E-state index in [0.29, 0.717) is 5.56 Å². The Kier molecular flexibility index (Phi) is 13.5. The number of benzene rings is 1. The summed E-state index contributed by atoms with van der Waals surface area (Å²) in [5.41, 5.74) is -1.18. The van der Waals surface area contributed by atoms with Crippen molar-refractivity contribution in [2.45, 2.75) is 90.3 Å². The molecule has 1 heterocycles. The van der Waals surface area contributed by atoms with Crippen LogP contribution in [0.15, 0.2) is 54.6 Å². The highest BCUT2D eigenvalue weighted by atomic mass is 16.6. The van der Waals surface area contributed by atoms with Gasteiger partial charge in [-0.3, -0.25) is 9.59 Å². The van der Waals surface area contributed by atoms with E-state index in [1.165, 1.54) is 26.4 Å². The lowest BCUT2D eigenvalue weighted by Gasteiger charge is -2.34. The fourth-order valence-corrected chi connectivity index (χ4v) is 4.60. The second-order valence-corrected chi connectivity index (χ2v) is 12.5. The highest BCUT2D eigenvalue weighted by Gasteiger charge is 2.49. The van der Waals surface area contributed by atoms with E-state index >= 15 is 0 Å². The number of esters is 4. The molecule has 4 atom stereocenters. The van der Waals surface area contributed by atoms with Gasteiger partial charge in [0.15, 0.2) is 0 Å². The van der Waals surface area contributed by atoms with Gasteiger partial charge in [-0.2, -0.15) is 0 Å². The van der Waals surface area contributed by atoms with Gasteiger partial charge in [-0.15, -0.1) is 0 Å². The zero-order valence-electron chi connectivity index (χ0n) is 27.6. The third-order valence-corrected chi connectivity index (χ3v) is 6.41. The third-order valence-electron chi connectivity index (χ3n) is 6.41. The zero-order chi connectivity index (χ0) is 34.7. The van der Waals surface area contributed by atoms with Crippen LogP contribution in [0.3, 0.4) is 0 Å². The van der Waals surface area contributed by atoms with Crippen molar-refractivity contribution in [2.75, 3.05) is 14.2 Å². The van der Waals surface area contributed by atoms with Crippen LogP contribution < -0.4 is 5.32 Å². The molecule has 0 saturated carbocycles. The molecule has 2 rings (SSSR count). The molecule has 2 amide bonds. The monoisotopic (exact) mass is 644 g/mol. The summed E-state index contributed by atoms with van der Waals surface area (Å²) in [7, 11) is 2.37. The van der Waals surface area contributed by atoms with Crippen molar-refractivity contribution in [1.29, 1.82) is 0 Å². The fourth-order valence-electron chi connectivity index (χ4n) is 4.60. The molecule has 1 fully saturated rings. The van der Waals surface area contributed by atoms with Gasteiger partial charge in [0.25, 0.3) is 0 Å². The topological polar surface area (TPSA) is 164 Å². The first-order chi connectivity index (χ1) is 21.4. The van der Waals surface area contributed by atoms with Crippen LogP contribution in [-0.2, 0) is 54.3 Å². The second kappa shape index (κ2) is 16.6. The van der Waals surface area contributed by atoms with Crippen molar-refractivity contribution < 1.29 is 52.5 Å². The maximum Gasteiger partial charge on any atom is 0.408 e. The molecule has 0 spiro atoms. The summed E-state index contributed by atoms with van der Waals surface area (Å²) >= 11 is 0. The number of ether oxygens (including phenoxy) is 5. The first kappa shape index (κ1) is 37.5. The van der Waals surface area contributed by atoms with Crippen molar-refractivity contribution in [1.82, 2.24) is 10.2 Å². The largest absolute Gasteiger partial charge is 0.466 e. The molecule has 1 aliphatic rings. The van der Waals surface area contributed by atoms with Crippen LogP contribution in [0, 0.1) is 5.92 Å². The molecule has 0 bridgehead atoms. The number of hydrogen-bond donors (Lipinski definition) is 1. The average molecular weight is 645 g/mol. The highest BCUT2D eigenvalue weighted by Crippen LogP contribution is 2.35. The number of rotatable bonds is 11. The molecule has 0 aliphatic carbocycles. The minimum absolute atomic E-state index is 0.0637. The lowest BCUT2D eigenvalue weighted by molar-refractivity contribution is -0.165. The van der Waals surface area contributed by atoms with Gasteiger partial charge in [-0.05, 0) is 53.5 Å². The maximum atomic E-state index is 14.4. The van der Waals surface area contributed by atoms with Crippen LogP contribution in [-0.4, -0.2) is 84.3 Å². The van der Waals surface area contributed by atoms with Crippen LogP contribution in [0.2, 0.25) is 0 Å². The zero-order valence-corrected chi connectivity index (χ0v) is 27.6. The minimum atomic E-state index is -1.56. The Bertz CT molecular complexity index is 1310. The van der Waals surface area contributed by atoms with E-state index < -0.39 is 77.5 Å². The summed E-state index contributed by atoms with van der Waals surface area (Å²) in [5, 5.41) is 2.45. The van der Waals surface area contributed by atoms with Crippen LogP contribution in [0.1, 0.15) is 59.9 Å². The lowest BCUT2D eigenvalue weighted by Crippen LogP contribution is -2.56. The van der Waals surface area contributed by atoms with E-state index in [1.807, 2.05) is 0 Å². The normalized spacial score (nSPS) is 19.0. The number of alkyl carbamates (subject to hydrolysis) is 1. The van der Waals surface area contributed by atoms with Gasteiger partial charge in [0.1, 0.15) is 29.9 Å². The Balaban J connectivity index is 2.57. The van der Waals surface area contributed by atoms with Gasteiger partial charge < -0.3 is 33.9 Å². The van der Waals surface area contributed by atoms with Gasteiger partial charge >= 0.3 is 30.0 Å². The molecule has 13 heteroatoms. The predicted molar refractivity (Wildman–Crippen MR) is 165 cm³/mol. The molecule has 0 unspecified atom stereocenters. The van der Waals surface area contributed by atoms with Crippen LogP contribution in [0.5, 0.6) is 0 Å². The van der Waals surface area contributed by atoms with Crippen molar-refractivity contribution in [2.24, 2.45) is 5.92 Å². The van der Waals surface area contributed by atoms with Crippen molar-refractivity contribution in [3.05, 3.63) is 60.2 Å². The van der Waals surface area contributed by atoms with E-state index in [4.69, 9.17) is 23.7 Å². The number of nitrogens with one attached hydrogen (secondary N) is 1. The van der Waals surface area contributed by atoms with Crippen molar-refractivity contribution >= 4 is 35.9 Å². The number of nitrogens with zero attached hydrogens (tertiary/aromatic N) is 1. The first-order valence-electron chi connectivity index (χ1n) is 14.7. The molecular weight excluding hydrogens is 600 g/mol. The Morgan fingerprint density at radius 2 is 1.43 bits per heavy atom. The van der Waals surface area contributed by atoms with E-state index in [-0.39, 0.29) is 13.0 Å². The number of likely N-dealkylation sites (tertiary alicyclic amines) is 1. The summed E-state index contributed by atoms with van der Waals surface area (Å²) in [5.74, 6) is -4.67. The third kappa shape index (κ3) is 12.4. The van der Waals surface area contributed by atoms with Gasteiger partial charge in [-0.1, -0.05) is 42.5 Å². The number of hydrogen-bond acceptors (Lipinski definition) is 11. The Morgan fingerprint density at radius 1 is 0.870 bits per heavy atom. The van der Waals surface area contributed by atoms with Crippen LogP contribution in [0.4, 0.5) is 4.79 Å². The second-order valence-electron chi connectivity index (χ2n) is 12.5. The van der Waals surface area contributed by atoms with Crippen LogP contribution in [0.25, 0.3) is 0 Å². The van der Waals surface area contributed by atoms with E-state index in [0.717, 1.165) is 17.1 Å². The number of methoxy groups -OCH3 is 2. The van der Waals surface area contributed by atoms with E-state index in [2.05, 4.69) is 5.32 Å². The summed E-state index contributed by atoms with van der Waals surface area (Å²) in [6, 6.07) is 5.00. The van der Waals surface area contributed by atoms with Crippen LogP contribution >= 0.6 is 0 Å². The predicted octanol–water partition coefficient (Wildman–Crippen LogP) is 3.40. The smallest absolute Gasteiger partial charge is 0.408 e. The number of amides is 2. The average Bonchev–Trinajstić information content (AvgIpc) is 3.34. The molecule has 0 aromatic heterocycles. The molecule has 1 aliphatic heterocycles. The standard InChI is InChI=1S/C33H44N2O11/c1-32(2,3)45-27(38)19-24(34-31(41)44-20-21-12-10-9-11-13-21)29(39)35-23(15-17-26(37)43-8)18-22(14-16-25(36)42-7)28(35)30(40)46-33(4,5)6/h9-17,22-24,28H,18-20H2,1-8H3,(H,34,41)/b16-14+,17-15+/t22-,23+,24-,28-/m0/s1. The summed E-state index contributed by atoms with van der Waals surface area (Å²) in [6.07, 6.45) is 3.45. The van der Waals surface area contributed by atoms with Crippen molar-refractivity contribution in [3.63, 3.8) is 0 Å². The molecule has 252 valence electrons. The number of carbonyl (C=O) groups is 6. The van der Waals surface area contributed by atoms with Crippen molar-refractivity contribution in [3.8, 4) is 0 Å². The molecule has 0 radical (unpaired) electrons. The van der Waals surface area contributed by atoms with Gasteiger partial charge in [-0.25, -0.2) is 19.2 Å². The van der Waals surface area contributed by atoms with Gasteiger partial charge in [0.05, 0.1) is 26.7 Å². The molecule has 1 N–H and O–H groups in total. The highest BCUT2D eigenvalue weighted by molar-refractivity contribution is 5.94. The Hall–Kier alpha value is -4.68. The maximum absolute atomic E-state index is 14.4. The quantitative estimate of drug-likeness (QED) is 0.213. The minimum Gasteiger partial charge on any atom is -0.466 e. The van der Waals surface area contributed by atoms with Gasteiger partial charge in [0.2, 0.25) is 5.91 Å². The first-order valence-corrected chi connectivity index (χ1v) is 14.7. The SMILES string of the molecule is COC(=O)/C=C/[C@@H]1C[C@H](/C=C/C(=O)OC)[C@@H](C(=O)OC(C)(C)C)N1C(=O)[C@H](CC(=O)OC(C)(C)C)NC(=O)OCc1ccccc1. The number of carbonyl (C=O) groups excluding carboxylic acids is 6.